The van der Waals surface area contributed by atoms with E-state index in [2.05, 4.69) is 39.3 Å². The molecule has 1 amide bonds. The Labute approximate surface area is 174 Å². The fraction of sp³-hybridized carbons (Fsp3) is 0.130. The number of nitrogens with one attached hydrogen (secondary N) is 1. The summed E-state index contributed by atoms with van der Waals surface area (Å²) in [6.07, 6.45) is 4.65. The van der Waals surface area contributed by atoms with Gasteiger partial charge in [-0.25, -0.2) is 15.0 Å². The second-order valence-corrected chi connectivity index (χ2v) is 7.02. The number of fused-ring (bicyclic) bond motifs is 1. The number of amides is 1. The highest BCUT2D eigenvalue weighted by atomic mass is 16.5. The number of aromatic nitrogens is 3. The summed E-state index contributed by atoms with van der Waals surface area (Å²) < 4.78 is 0. The van der Waals surface area contributed by atoms with E-state index >= 15 is 0 Å². The molecule has 0 unspecified atom stereocenters. The molecule has 0 aliphatic heterocycles. The van der Waals surface area contributed by atoms with E-state index in [9.17, 15) is 10.0 Å². The molecule has 2 heterocycles. The predicted molar refractivity (Wildman–Crippen MR) is 115 cm³/mol. The number of hydrogen-bond acceptors (Lipinski definition) is 6. The molecule has 0 spiro atoms. The van der Waals surface area contributed by atoms with Crippen LogP contribution in [0.5, 0.6) is 0 Å². The van der Waals surface area contributed by atoms with Crippen LogP contribution >= 0.6 is 0 Å². The molecule has 0 fully saturated rings. The van der Waals surface area contributed by atoms with E-state index in [-0.39, 0.29) is 6.04 Å². The van der Waals surface area contributed by atoms with Gasteiger partial charge in [-0.05, 0) is 36.2 Å². The van der Waals surface area contributed by atoms with Crippen molar-refractivity contribution in [2.75, 3.05) is 12.4 Å². The van der Waals surface area contributed by atoms with Gasteiger partial charge in [0.05, 0.1) is 11.1 Å². The lowest BCUT2D eigenvalue weighted by molar-refractivity contribution is -0.0375. The van der Waals surface area contributed by atoms with Crippen molar-refractivity contribution < 1.29 is 10.0 Å². The molecular formula is C23H21N5O2. The highest BCUT2D eigenvalue weighted by molar-refractivity contribution is 5.95. The zero-order valence-corrected chi connectivity index (χ0v) is 16.6. The number of rotatable bonds is 5. The average molecular weight is 399 g/mol. The molecule has 0 bridgehead atoms. The van der Waals surface area contributed by atoms with Crippen LogP contribution in [-0.2, 0) is 0 Å². The summed E-state index contributed by atoms with van der Waals surface area (Å²) in [4.78, 5) is 25.0. The monoisotopic (exact) mass is 399 g/mol. The van der Waals surface area contributed by atoms with Gasteiger partial charge in [-0.1, -0.05) is 36.4 Å². The van der Waals surface area contributed by atoms with Crippen LogP contribution in [0, 0.1) is 0 Å². The first-order valence-electron chi connectivity index (χ1n) is 9.51. The van der Waals surface area contributed by atoms with Crippen molar-refractivity contribution in [2.45, 2.75) is 13.0 Å². The molecule has 30 heavy (non-hydrogen) atoms. The highest BCUT2D eigenvalue weighted by Crippen LogP contribution is 2.29. The van der Waals surface area contributed by atoms with Crippen LogP contribution in [0.25, 0.3) is 22.0 Å². The molecule has 0 aliphatic carbocycles. The topological polar surface area (TPSA) is 91.2 Å². The molecule has 4 rings (SSSR count). The Kier molecular flexibility index (Phi) is 5.36. The molecule has 7 nitrogen and oxygen atoms in total. The second-order valence-electron chi connectivity index (χ2n) is 7.02. The molecular weight excluding hydrogens is 378 g/mol. The summed E-state index contributed by atoms with van der Waals surface area (Å²) in [5.74, 6) is 0.209. The highest BCUT2D eigenvalue weighted by Gasteiger charge is 2.13. The summed E-state index contributed by atoms with van der Waals surface area (Å²) in [5, 5.41) is 14.3. The Bertz CT molecular complexity index is 1190. The van der Waals surface area contributed by atoms with Crippen LogP contribution in [0.2, 0.25) is 0 Å². The third-order valence-corrected chi connectivity index (χ3v) is 4.90. The smallest absolute Gasteiger partial charge is 0.278 e. The zero-order chi connectivity index (χ0) is 21.1. The number of pyridine rings is 1. The van der Waals surface area contributed by atoms with Crippen LogP contribution in [0.3, 0.4) is 0 Å². The first-order chi connectivity index (χ1) is 14.5. The normalized spacial score (nSPS) is 11.8. The number of anilines is 1. The summed E-state index contributed by atoms with van der Waals surface area (Å²) >= 11 is 0. The Hall–Kier alpha value is -3.84. The Morgan fingerprint density at radius 3 is 2.60 bits per heavy atom. The standard InChI is InChI=1S/C23H21N5O2/c1-15(16-6-4-3-5-7-16)27-22-20-11-17(8-9-21(20)25-14-26-22)18-10-19(13-24-12-18)23(29)28(2)30/h3-15,30H,1-2H3,(H,25,26,27)/t15-/m1/s1. The molecule has 2 N–H and O–H groups in total. The molecule has 150 valence electrons. The van der Waals surface area contributed by atoms with Crippen molar-refractivity contribution in [3.63, 3.8) is 0 Å². The van der Waals surface area contributed by atoms with Gasteiger partial charge < -0.3 is 5.32 Å². The van der Waals surface area contributed by atoms with Gasteiger partial charge in [-0.3, -0.25) is 15.0 Å². The third-order valence-electron chi connectivity index (χ3n) is 4.90. The van der Waals surface area contributed by atoms with Crippen LogP contribution in [-0.4, -0.2) is 38.2 Å². The number of hydrogen-bond donors (Lipinski definition) is 2. The Morgan fingerprint density at radius 1 is 1.03 bits per heavy atom. The molecule has 0 saturated heterocycles. The number of hydroxylamine groups is 2. The van der Waals surface area contributed by atoms with Crippen molar-refractivity contribution in [3.8, 4) is 11.1 Å². The van der Waals surface area contributed by atoms with E-state index in [4.69, 9.17) is 0 Å². The molecule has 0 aliphatic rings. The van der Waals surface area contributed by atoms with Gasteiger partial charge in [-0.15, -0.1) is 0 Å². The van der Waals surface area contributed by atoms with Crippen molar-refractivity contribution in [1.29, 1.82) is 0 Å². The number of nitrogens with zero attached hydrogens (tertiary/aromatic N) is 4. The lowest BCUT2D eigenvalue weighted by Gasteiger charge is -2.16. The maximum Gasteiger partial charge on any atom is 0.278 e. The lowest BCUT2D eigenvalue weighted by Crippen LogP contribution is -2.22. The molecule has 2 aromatic heterocycles. The van der Waals surface area contributed by atoms with Gasteiger partial charge in [0.15, 0.2) is 0 Å². The van der Waals surface area contributed by atoms with Crippen LogP contribution in [0.15, 0.2) is 73.3 Å². The molecule has 4 aromatic rings. The zero-order valence-electron chi connectivity index (χ0n) is 16.6. The van der Waals surface area contributed by atoms with Gasteiger partial charge in [-0.2, -0.15) is 0 Å². The second kappa shape index (κ2) is 8.26. The van der Waals surface area contributed by atoms with Crippen molar-refractivity contribution in [2.24, 2.45) is 0 Å². The van der Waals surface area contributed by atoms with Gasteiger partial charge in [0.25, 0.3) is 5.91 Å². The first-order valence-corrected chi connectivity index (χ1v) is 9.51. The minimum Gasteiger partial charge on any atom is -0.363 e. The maximum atomic E-state index is 12.1. The Balaban J connectivity index is 1.71. The van der Waals surface area contributed by atoms with Gasteiger partial charge >= 0.3 is 0 Å². The number of carbonyl (C=O) groups is 1. The summed E-state index contributed by atoms with van der Waals surface area (Å²) in [6, 6.07) is 17.7. The molecule has 0 saturated carbocycles. The minimum absolute atomic E-state index is 0.0654. The predicted octanol–water partition coefficient (Wildman–Crippen LogP) is 4.33. The Morgan fingerprint density at radius 2 is 1.83 bits per heavy atom. The van der Waals surface area contributed by atoms with Gasteiger partial charge in [0.1, 0.15) is 12.1 Å². The van der Waals surface area contributed by atoms with Crippen LogP contribution in [0.1, 0.15) is 28.9 Å². The van der Waals surface area contributed by atoms with E-state index in [0.29, 0.717) is 10.6 Å². The van der Waals surface area contributed by atoms with Gasteiger partial charge in [0, 0.05) is 36.4 Å². The maximum absolute atomic E-state index is 12.1. The van der Waals surface area contributed by atoms with Crippen molar-refractivity contribution in [3.05, 3.63) is 84.4 Å². The largest absolute Gasteiger partial charge is 0.363 e. The van der Waals surface area contributed by atoms with Crippen LogP contribution in [0.4, 0.5) is 5.82 Å². The van der Waals surface area contributed by atoms with Gasteiger partial charge in [0.2, 0.25) is 0 Å². The fourth-order valence-electron chi connectivity index (χ4n) is 3.28. The summed E-state index contributed by atoms with van der Waals surface area (Å²) in [5.41, 5.74) is 3.90. The van der Waals surface area contributed by atoms with E-state index in [1.54, 1.807) is 18.6 Å². The quantitative estimate of drug-likeness (QED) is 0.383. The average Bonchev–Trinajstić information content (AvgIpc) is 2.79. The van der Waals surface area contributed by atoms with E-state index in [1.165, 1.54) is 13.2 Å². The molecule has 0 radical (unpaired) electrons. The van der Waals surface area contributed by atoms with Crippen LogP contribution < -0.4 is 5.32 Å². The molecule has 1 atom stereocenters. The van der Waals surface area contributed by atoms with E-state index in [0.717, 1.165) is 33.4 Å². The third kappa shape index (κ3) is 3.97. The number of carbonyl (C=O) groups excluding carboxylic acids is 1. The van der Waals surface area contributed by atoms with E-state index < -0.39 is 5.91 Å². The minimum atomic E-state index is -0.521. The summed E-state index contributed by atoms with van der Waals surface area (Å²) in [6.45, 7) is 2.08. The number of benzene rings is 2. The SMILES string of the molecule is C[C@@H](Nc1ncnc2ccc(-c3cncc(C(=O)N(C)O)c3)cc12)c1ccccc1. The van der Waals surface area contributed by atoms with Crippen molar-refractivity contribution >= 4 is 22.6 Å². The summed E-state index contributed by atoms with van der Waals surface area (Å²) in [7, 11) is 1.29. The lowest BCUT2D eigenvalue weighted by atomic mass is 10.0. The van der Waals surface area contributed by atoms with E-state index in [1.807, 2.05) is 36.4 Å². The molecule has 7 heteroatoms. The fourth-order valence-corrected chi connectivity index (χ4v) is 3.28. The molecule has 2 aromatic carbocycles. The van der Waals surface area contributed by atoms with Crippen molar-refractivity contribution in [1.82, 2.24) is 20.0 Å². The first kappa shape index (κ1) is 19.5.